The van der Waals surface area contributed by atoms with Gasteiger partial charge in [0.05, 0.1) is 0 Å². The number of likely N-dealkylation sites (tertiary alicyclic amines) is 1. The fraction of sp³-hybridized carbons (Fsp3) is 0.583. The quantitative estimate of drug-likeness (QED) is 0.876. The summed E-state index contributed by atoms with van der Waals surface area (Å²) in [5.41, 5.74) is 0. The summed E-state index contributed by atoms with van der Waals surface area (Å²) in [6.07, 6.45) is 3.96. The lowest BCUT2D eigenvalue weighted by molar-refractivity contribution is -0.144. The smallest absolute Gasteiger partial charge is 0.320 e. The lowest BCUT2D eigenvalue weighted by Gasteiger charge is -2.32. The fourth-order valence-corrected chi connectivity index (χ4v) is 2.95. The second-order valence-electron chi connectivity index (χ2n) is 4.22. The van der Waals surface area contributed by atoms with Gasteiger partial charge >= 0.3 is 5.97 Å². The molecule has 4 heteroatoms. The summed E-state index contributed by atoms with van der Waals surface area (Å²) in [6.45, 7) is 1.81. The average Bonchev–Trinajstić information content (AvgIpc) is 2.79. The first-order valence-corrected chi connectivity index (χ1v) is 6.64. The Bertz CT molecular complexity index is 337. The van der Waals surface area contributed by atoms with Gasteiger partial charge in [0.2, 0.25) is 0 Å². The molecular formula is C12H17NO2S. The predicted molar refractivity (Wildman–Crippen MR) is 64.9 cm³/mol. The van der Waals surface area contributed by atoms with Gasteiger partial charge in [-0.05, 0) is 37.3 Å². The van der Waals surface area contributed by atoms with Gasteiger partial charge in [0.15, 0.2) is 0 Å². The Morgan fingerprint density at radius 3 is 3.12 bits per heavy atom. The first-order chi connectivity index (χ1) is 7.77. The molecule has 2 heterocycles. The summed E-state index contributed by atoms with van der Waals surface area (Å²) in [4.78, 5) is 14.5. The van der Waals surface area contributed by atoms with E-state index in [0.29, 0.717) is 0 Å². The highest BCUT2D eigenvalue weighted by Gasteiger charge is 2.27. The van der Waals surface area contributed by atoms with Crippen LogP contribution >= 0.6 is 11.3 Å². The number of aliphatic carboxylic acids is 1. The minimum absolute atomic E-state index is 0.256. The van der Waals surface area contributed by atoms with Gasteiger partial charge in [-0.2, -0.15) is 0 Å². The molecule has 1 aromatic rings. The highest BCUT2D eigenvalue weighted by molar-refractivity contribution is 7.09. The van der Waals surface area contributed by atoms with E-state index in [2.05, 4.69) is 16.3 Å². The molecule has 0 aliphatic carbocycles. The highest BCUT2D eigenvalue weighted by Crippen LogP contribution is 2.18. The maximum absolute atomic E-state index is 11.1. The molecule has 0 bridgehead atoms. The minimum atomic E-state index is -0.661. The van der Waals surface area contributed by atoms with Gasteiger partial charge < -0.3 is 5.11 Å². The first-order valence-electron chi connectivity index (χ1n) is 5.76. The second-order valence-corrected chi connectivity index (χ2v) is 5.25. The maximum atomic E-state index is 11.1. The molecule has 1 aromatic heterocycles. The molecule has 2 rings (SSSR count). The molecule has 0 aromatic carbocycles. The summed E-state index contributed by atoms with van der Waals surface area (Å²) >= 11 is 1.75. The topological polar surface area (TPSA) is 40.5 Å². The van der Waals surface area contributed by atoms with Crippen molar-refractivity contribution < 1.29 is 9.90 Å². The van der Waals surface area contributed by atoms with Crippen molar-refractivity contribution in [2.75, 3.05) is 13.1 Å². The Hall–Kier alpha value is -0.870. The average molecular weight is 239 g/mol. The summed E-state index contributed by atoms with van der Waals surface area (Å²) in [6, 6.07) is 3.91. The van der Waals surface area contributed by atoms with E-state index in [1.165, 1.54) is 4.88 Å². The highest BCUT2D eigenvalue weighted by atomic mass is 32.1. The Balaban J connectivity index is 1.89. The van der Waals surface area contributed by atoms with Gasteiger partial charge in [0.25, 0.3) is 0 Å². The zero-order chi connectivity index (χ0) is 11.4. The summed E-state index contributed by atoms with van der Waals surface area (Å²) in [5.74, 6) is -0.661. The summed E-state index contributed by atoms with van der Waals surface area (Å²) in [7, 11) is 0. The van der Waals surface area contributed by atoms with Crippen LogP contribution in [0.15, 0.2) is 17.5 Å². The number of hydrogen-bond donors (Lipinski definition) is 1. The molecule has 1 saturated heterocycles. The van der Waals surface area contributed by atoms with Crippen LogP contribution in [0.25, 0.3) is 0 Å². The monoisotopic (exact) mass is 239 g/mol. The molecule has 1 unspecified atom stereocenters. The van der Waals surface area contributed by atoms with E-state index < -0.39 is 5.97 Å². The van der Waals surface area contributed by atoms with E-state index in [0.717, 1.165) is 38.8 Å². The lowest BCUT2D eigenvalue weighted by Crippen LogP contribution is -2.45. The first kappa shape index (κ1) is 11.6. The van der Waals surface area contributed by atoms with Crippen LogP contribution in [-0.2, 0) is 11.2 Å². The van der Waals surface area contributed by atoms with Crippen LogP contribution in [-0.4, -0.2) is 35.1 Å². The molecule has 16 heavy (non-hydrogen) atoms. The molecule has 0 saturated carbocycles. The van der Waals surface area contributed by atoms with Crippen LogP contribution in [0.2, 0.25) is 0 Å². The molecule has 0 radical (unpaired) electrons. The van der Waals surface area contributed by atoms with Crippen molar-refractivity contribution in [3.05, 3.63) is 22.4 Å². The molecule has 1 atom stereocenters. The fourth-order valence-electron chi connectivity index (χ4n) is 2.25. The molecule has 1 aliphatic heterocycles. The largest absolute Gasteiger partial charge is 0.480 e. The zero-order valence-electron chi connectivity index (χ0n) is 9.26. The molecular weight excluding hydrogens is 222 g/mol. The van der Waals surface area contributed by atoms with Crippen LogP contribution in [0.3, 0.4) is 0 Å². The third-order valence-corrected chi connectivity index (χ3v) is 4.06. The summed E-state index contributed by atoms with van der Waals surface area (Å²) in [5, 5.41) is 11.2. The minimum Gasteiger partial charge on any atom is -0.480 e. The van der Waals surface area contributed by atoms with Gasteiger partial charge in [-0.1, -0.05) is 12.5 Å². The van der Waals surface area contributed by atoms with Crippen molar-refractivity contribution in [1.82, 2.24) is 4.90 Å². The van der Waals surface area contributed by atoms with Crippen LogP contribution in [0.1, 0.15) is 24.1 Å². The molecule has 1 aliphatic rings. The zero-order valence-corrected chi connectivity index (χ0v) is 10.1. The SMILES string of the molecule is O=C(O)C1CCCCN1CCc1cccs1. The molecule has 0 amide bonds. The van der Waals surface area contributed by atoms with Crippen molar-refractivity contribution in [2.24, 2.45) is 0 Å². The molecule has 88 valence electrons. The van der Waals surface area contributed by atoms with Crippen LogP contribution in [0, 0.1) is 0 Å². The number of piperidine rings is 1. The van der Waals surface area contributed by atoms with Gasteiger partial charge in [0, 0.05) is 11.4 Å². The Morgan fingerprint density at radius 2 is 2.44 bits per heavy atom. The lowest BCUT2D eigenvalue weighted by atomic mass is 10.0. The summed E-state index contributed by atoms with van der Waals surface area (Å²) < 4.78 is 0. The van der Waals surface area contributed by atoms with E-state index in [-0.39, 0.29) is 6.04 Å². The van der Waals surface area contributed by atoms with Crippen molar-refractivity contribution in [1.29, 1.82) is 0 Å². The molecule has 1 N–H and O–H groups in total. The molecule has 0 spiro atoms. The number of carbonyl (C=O) groups is 1. The van der Waals surface area contributed by atoms with E-state index >= 15 is 0 Å². The Kier molecular flexibility index (Phi) is 3.96. The van der Waals surface area contributed by atoms with Crippen LogP contribution < -0.4 is 0 Å². The number of carboxylic acid groups (broad SMARTS) is 1. The number of rotatable bonds is 4. The van der Waals surface area contributed by atoms with Gasteiger partial charge in [-0.25, -0.2) is 0 Å². The third kappa shape index (κ3) is 2.83. The predicted octanol–water partition coefficient (Wildman–Crippen LogP) is 2.23. The molecule has 1 fully saturated rings. The number of thiophene rings is 1. The normalized spacial score (nSPS) is 22.1. The van der Waals surface area contributed by atoms with Crippen molar-refractivity contribution in [2.45, 2.75) is 31.7 Å². The van der Waals surface area contributed by atoms with Gasteiger partial charge in [-0.15, -0.1) is 11.3 Å². The number of nitrogens with zero attached hydrogens (tertiary/aromatic N) is 1. The standard InChI is InChI=1S/C12H17NO2S/c14-12(15)11-5-1-2-7-13(11)8-6-10-4-3-9-16-10/h3-4,9,11H,1-2,5-8H2,(H,14,15). The van der Waals surface area contributed by atoms with Crippen molar-refractivity contribution in [3.8, 4) is 0 Å². The van der Waals surface area contributed by atoms with Crippen LogP contribution in [0.4, 0.5) is 0 Å². The van der Waals surface area contributed by atoms with E-state index in [1.807, 2.05) is 6.07 Å². The van der Waals surface area contributed by atoms with Gasteiger partial charge in [0.1, 0.15) is 6.04 Å². The van der Waals surface area contributed by atoms with Crippen LogP contribution in [0.5, 0.6) is 0 Å². The Morgan fingerprint density at radius 1 is 1.56 bits per heavy atom. The van der Waals surface area contributed by atoms with Gasteiger partial charge in [-0.3, -0.25) is 9.69 Å². The van der Waals surface area contributed by atoms with Crippen molar-refractivity contribution in [3.63, 3.8) is 0 Å². The second kappa shape index (κ2) is 5.46. The molecule has 3 nitrogen and oxygen atoms in total. The third-order valence-electron chi connectivity index (χ3n) is 3.12. The van der Waals surface area contributed by atoms with E-state index in [9.17, 15) is 4.79 Å². The van der Waals surface area contributed by atoms with E-state index in [4.69, 9.17) is 5.11 Å². The van der Waals surface area contributed by atoms with E-state index in [1.54, 1.807) is 11.3 Å². The number of hydrogen-bond acceptors (Lipinski definition) is 3. The number of carboxylic acids is 1. The Labute approximate surface area is 99.7 Å². The maximum Gasteiger partial charge on any atom is 0.320 e. The van der Waals surface area contributed by atoms with Crippen molar-refractivity contribution >= 4 is 17.3 Å².